The monoisotopic (exact) mass is 162 g/mol. The van der Waals surface area contributed by atoms with Crippen LogP contribution in [0.2, 0.25) is 6.04 Å². The molecule has 0 unspecified atom stereocenters. The lowest BCUT2D eigenvalue weighted by atomic mass is 10.5. The Labute approximate surface area is 65.9 Å². The molecule has 0 rings (SSSR count). The van der Waals surface area contributed by atoms with Gasteiger partial charge in [0.05, 0.1) is 0 Å². The van der Waals surface area contributed by atoms with Gasteiger partial charge in [0.25, 0.3) is 0 Å². The molecule has 0 aliphatic heterocycles. The van der Waals surface area contributed by atoms with Gasteiger partial charge in [0.2, 0.25) is 0 Å². The van der Waals surface area contributed by atoms with E-state index in [-0.39, 0.29) is 9.76 Å². The van der Waals surface area contributed by atoms with Gasteiger partial charge in [0, 0.05) is 19.8 Å². The van der Waals surface area contributed by atoms with E-state index in [4.69, 9.17) is 9.16 Å². The van der Waals surface area contributed by atoms with Crippen LogP contribution in [0.25, 0.3) is 0 Å². The highest BCUT2D eigenvalue weighted by molar-refractivity contribution is 6.26. The van der Waals surface area contributed by atoms with Gasteiger partial charge in [-0.25, -0.2) is 0 Å². The molecule has 0 aromatic rings. The lowest BCUT2D eigenvalue weighted by Gasteiger charge is -2.00. The van der Waals surface area contributed by atoms with E-state index < -0.39 is 0 Å². The quantitative estimate of drug-likeness (QED) is 0.410. The molecule has 0 spiro atoms. The van der Waals surface area contributed by atoms with Crippen molar-refractivity contribution >= 4 is 9.76 Å². The van der Waals surface area contributed by atoms with Gasteiger partial charge >= 0.3 is 0 Å². The minimum absolute atomic E-state index is 0.197. The Hall–Kier alpha value is 0.137. The van der Waals surface area contributed by atoms with E-state index in [0.29, 0.717) is 0 Å². The molecule has 2 nitrogen and oxygen atoms in total. The first-order valence-corrected chi connectivity index (χ1v) is 5.65. The summed E-state index contributed by atoms with van der Waals surface area (Å²) >= 11 is 0. The first-order chi connectivity index (χ1) is 4.91. The maximum atomic E-state index is 5.30. The van der Waals surface area contributed by atoms with Gasteiger partial charge in [-0.15, -0.1) is 0 Å². The summed E-state index contributed by atoms with van der Waals surface area (Å²) in [7, 11) is -0.197. The Bertz CT molecular complexity index is 51.6. The second kappa shape index (κ2) is 9.14. The van der Waals surface area contributed by atoms with Crippen molar-refractivity contribution in [3.63, 3.8) is 0 Å². The second-order valence-electron chi connectivity index (χ2n) is 2.10. The molecule has 10 heavy (non-hydrogen) atoms. The minimum atomic E-state index is -0.197. The summed E-state index contributed by atoms with van der Waals surface area (Å²) < 4.78 is 10.5. The predicted octanol–water partition coefficient (Wildman–Crippen LogP) is 0.952. The predicted molar refractivity (Wildman–Crippen MR) is 46.1 cm³/mol. The van der Waals surface area contributed by atoms with Crippen molar-refractivity contribution in [3.8, 4) is 0 Å². The van der Waals surface area contributed by atoms with Crippen LogP contribution in [0.4, 0.5) is 0 Å². The molecule has 0 radical (unpaired) electrons. The zero-order valence-electron chi connectivity index (χ0n) is 7.06. The van der Waals surface area contributed by atoms with Crippen LogP contribution in [0, 0.1) is 0 Å². The molecular weight excluding hydrogens is 144 g/mol. The molecule has 0 aromatic heterocycles. The summed E-state index contributed by atoms with van der Waals surface area (Å²) in [6.07, 6.45) is 1.18. The average Bonchev–Trinajstić information content (AvgIpc) is 1.97. The highest BCUT2D eigenvalue weighted by atomic mass is 28.2. The molecule has 0 aromatic carbocycles. The Morgan fingerprint density at radius 2 is 2.00 bits per heavy atom. The van der Waals surface area contributed by atoms with Crippen LogP contribution in [0.1, 0.15) is 20.3 Å². The fourth-order valence-electron chi connectivity index (χ4n) is 0.697. The lowest BCUT2D eigenvalue weighted by molar-refractivity contribution is 0.147. The molecule has 0 aliphatic rings. The van der Waals surface area contributed by atoms with Crippen LogP contribution in [0.3, 0.4) is 0 Å². The van der Waals surface area contributed by atoms with Gasteiger partial charge in [-0.3, -0.25) is 0 Å². The summed E-state index contributed by atoms with van der Waals surface area (Å²) in [5.74, 6) is 0. The third-order valence-corrected chi connectivity index (χ3v) is 2.72. The zero-order valence-corrected chi connectivity index (χ0v) is 8.47. The third-order valence-electron chi connectivity index (χ3n) is 1.24. The molecule has 0 bridgehead atoms. The van der Waals surface area contributed by atoms with Gasteiger partial charge in [0.1, 0.15) is 0 Å². The molecule has 0 atom stereocenters. The Balaban J connectivity index is 2.65. The van der Waals surface area contributed by atoms with Crippen LogP contribution in [-0.2, 0) is 9.16 Å². The van der Waals surface area contributed by atoms with Gasteiger partial charge in [-0.2, -0.15) is 0 Å². The average molecular weight is 162 g/mol. The summed E-state index contributed by atoms with van der Waals surface area (Å²) in [6.45, 7) is 6.73. The number of ether oxygens (including phenoxy) is 1. The first kappa shape index (κ1) is 10.1. The second-order valence-corrected chi connectivity index (χ2v) is 3.62. The maximum absolute atomic E-state index is 5.30. The molecule has 62 valence electrons. The molecule has 0 N–H and O–H groups in total. The van der Waals surface area contributed by atoms with Crippen LogP contribution < -0.4 is 0 Å². The summed E-state index contributed by atoms with van der Waals surface area (Å²) in [4.78, 5) is 0. The largest absolute Gasteiger partial charge is 0.424 e. The highest BCUT2D eigenvalue weighted by Gasteiger charge is 1.88. The summed E-state index contributed by atoms with van der Waals surface area (Å²) in [5, 5.41) is 0. The van der Waals surface area contributed by atoms with Crippen LogP contribution in [0.15, 0.2) is 0 Å². The van der Waals surface area contributed by atoms with Gasteiger partial charge in [-0.05, 0) is 26.3 Å². The van der Waals surface area contributed by atoms with Crippen molar-refractivity contribution < 1.29 is 9.16 Å². The van der Waals surface area contributed by atoms with Crippen molar-refractivity contribution in [3.05, 3.63) is 0 Å². The maximum Gasteiger partial charge on any atom is 0.161 e. The normalized spacial score (nSPS) is 11.4. The standard InChI is InChI=1S/C7H18O2Si/c1-3-8-6-5-7-10-9-4-2/h3-7,10H2,1-2H3. The van der Waals surface area contributed by atoms with Crippen LogP contribution >= 0.6 is 0 Å². The van der Waals surface area contributed by atoms with E-state index in [9.17, 15) is 0 Å². The van der Waals surface area contributed by atoms with E-state index in [1.807, 2.05) is 6.92 Å². The third kappa shape index (κ3) is 8.14. The Morgan fingerprint density at radius 1 is 1.20 bits per heavy atom. The van der Waals surface area contributed by atoms with Gasteiger partial charge in [0.15, 0.2) is 9.76 Å². The van der Waals surface area contributed by atoms with Crippen LogP contribution in [0.5, 0.6) is 0 Å². The first-order valence-electron chi connectivity index (χ1n) is 4.07. The Kier molecular flexibility index (Phi) is 9.26. The van der Waals surface area contributed by atoms with Crippen LogP contribution in [-0.4, -0.2) is 29.6 Å². The summed E-state index contributed by atoms with van der Waals surface area (Å²) in [5.41, 5.74) is 0. The van der Waals surface area contributed by atoms with E-state index >= 15 is 0 Å². The topological polar surface area (TPSA) is 18.5 Å². The number of hydrogen-bond acceptors (Lipinski definition) is 2. The smallest absolute Gasteiger partial charge is 0.161 e. The van der Waals surface area contributed by atoms with Crippen molar-refractivity contribution in [1.82, 2.24) is 0 Å². The highest BCUT2D eigenvalue weighted by Crippen LogP contribution is 1.90. The van der Waals surface area contributed by atoms with Gasteiger partial charge in [-0.1, -0.05) is 0 Å². The van der Waals surface area contributed by atoms with E-state index in [0.717, 1.165) is 19.8 Å². The summed E-state index contributed by atoms with van der Waals surface area (Å²) in [6, 6.07) is 1.26. The molecular formula is C7H18O2Si. The Morgan fingerprint density at radius 3 is 2.60 bits per heavy atom. The van der Waals surface area contributed by atoms with Crippen molar-refractivity contribution in [2.75, 3.05) is 19.8 Å². The molecule has 0 saturated heterocycles. The SMILES string of the molecule is CCOCCC[SiH2]OCC. The fraction of sp³-hybridized carbons (Fsp3) is 1.00. The number of rotatable bonds is 7. The zero-order chi connectivity index (χ0) is 7.66. The number of hydrogen-bond donors (Lipinski definition) is 0. The van der Waals surface area contributed by atoms with Crippen molar-refractivity contribution in [2.45, 2.75) is 26.3 Å². The van der Waals surface area contributed by atoms with E-state index in [1.54, 1.807) is 0 Å². The van der Waals surface area contributed by atoms with Crippen molar-refractivity contribution in [1.29, 1.82) is 0 Å². The lowest BCUT2D eigenvalue weighted by Crippen LogP contribution is -2.00. The molecule has 0 heterocycles. The fourth-order valence-corrected chi connectivity index (χ4v) is 1.60. The van der Waals surface area contributed by atoms with E-state index in [2.05, 4.69) is 6.92 Å². The van der Waals surface area contributed by atoms with Gasteiger partial charge < -0.3 is 9.16 Å². The molecule has 0 aliphatic carbocycles. The molecule has 0 saturated carbocycles. The van der Waals surface area contributed by atoms with E-state index in [1.165, 1.54) is 12.5 Å². The molecule has 0 fully saturated rings. The molecule has 3 heteroatoms. The molecule has 0 amide bonds. The minimum Gasteiger partial charge on any atom is -0.424 e. The van der Waals surface area contributed by atoms with Crippen molar-refractivity contribution in [2.24, 2.45) is 0 Å².